The smallest absolute Gasteiger partial charge is 0.245 e. The van der Waals surface area contributed by atoms with Gasteiger partial charge < -0.3 is 24.4 Å². The van der Waals surface area contributed by atoms with Crippen LogP contribution in [0.25, 0.3) is 0 Å². The van der Waals surface area contributed by atoms with Crippen molar-refractivity contribution in [2.45, 2.75) is 18.3 Å². The summed E-state index contributed by atoms with van der Waals surface area (Å²) in [4.78, 5) is 15.8. The molecule has 0 bridgehead atoms. The van der Waals surface area contributed by atoms with Crippen LogP contribution in [0.3, 0.4) is 0 Å². The second-order valence-corrected chi connectivity index (χ2v) is 9.29. The van der Waals surface area contributed by atoms with E-state index in [0.717, 1.165) is 47.8 Å². The number of para-hydroxylation sites is 1. The first-order valence-electron chi connectivity index (χ1n) is 11.6. The maximum Gasteiger partial charge on any atom is 0.245 e. The van der Waals surface area contributed by atoms with Crippen molar-refractivity contribution < 1.29 is 19.0 Å². The number of ether oxygens (including phenoxy) is 3. The minimum Gasteiger partial charge on any atom is -0.491 e. The van der Waals surface area contributed by atoms with Crippen LogP contribution in [-0.4, -0.2) is 38.9 Å². The average molecular weight is 477 g/mol. The number of carbonyl (C=O) groups is 1. The van der Waals surface area contributed by atoms with Gasteiger partial charge in [0.2, 0.25) is 12.7 Å². The van der Waals surface area contributed by atoms with Crippen molar-refractivity contribution in [3.63, 3.8) is 0 Å². The zero-order chi connectivity index (χ0) is 23.1. The molecule has 0 radical (unpaired) electrons. The first kappa shape index (κ1) is 21.3. The number of carbonyl (C=O) groups excluding carboxylic acids is 1. The maximum absolute atomic E-state index is 13.9. The van der Waals surface area contributed by atoms with Crippen LogP contribution in [0.5, 0.6) is 17.2 Å². The van der Waals surface area contributed by atoms with Gasteiger partial charge in [-0.05, 0) is 61.3 Å². The molecule has 3 heterocycles. The predicted octanol–water partition coefficient (Wildman–Crippen LogP) is 4.32. The number of nitrogens with zero attached hydrogens (tertiary/aromatic N) is 1. The van der Waals surface area contributed by atoms with Gasteiger partial charge in [-0.2, -0.15) is 0 Å². The summed E-state index contributed by atoms with van der Waals surface area (Å²) in [6.07, 6.45) is 1.76. The van der Waals surface area contributed by atoms with Gasteiger partial charge >= 0.3 is 0 Å². The third-order valence-corrected chi connectivity index (χ3v) is 7.09. The van der Waals surface area contributed by atoms with Crippen molar-refractivity contribution in [3.8, 4) is 17.2 Å². The van der Waals surface area contributed by atoms with E-state index >= 15 is 0 Å². The van der Waals surface area contributed by atoms with Gasteiger partial charge in [0.15, 0.2) is 11.5 Å². The second-order valence-electron chi connectivity index (χ2n) is 8.85. The van der Waals surface area contributed by atoms with E-state index in [9.17, 15) is 4.79 Å². The summed E-state index contributed by atoms with van der Waals surface area (Å²) in [6, 6.07) is 19.7. The highest BCUT2D eigenvalue weighted by atomic mass is 35.5. The van der Waals surface area contributed by atoms with E-state index < -0.39 is 5.41 Å². The number of hydrogen-bond donors (Lipinski definition) is 1. The lowest BCUT2D eigenvalue weighted by Crippen LogP contribution is -2.43. The highest BCUT2D eigenvalue weighted by Crippen LogP contribution is 2.54. The Bertz CT molecular complexity index is 1260. The Labute approximate surface area is 203 Å². The minimum atomic E-state index is -0.840. The molecule has 7 heteroatoms. The van der Waals surface area contributed by atoms with Crippen LogP contribution in [-0.2, 0) is 16.6 Å². The first-order valence-corrected chi connectivity index (χ1v) is 12.0. The van der Waals surface area contributed by atoms with E-state index in [0.29, 0.717) is 23.8 Å². The molecule has 1 N–H and O–H groups in total. The van der Waals surface area contributed by atoms with Crippen molar-refractivity contribution in [3.05, 3.63) is 82.4 Å². The van der Waals surface area contributed by atoms with E-state index in [-0.39, 0.29) is 19.3 Å². The number of nitrogens with one attached hydrogen (secondary N) is 1. The Balaban J connectivity index is 1.16. The second kappa shape index (κ2) is 8.53. The lowest BCUT2D eigenvalue weighted by atomic mass is 9.77. The summed E-state index contributed by atoms with van der Waals surface area (Å²) >= 11 is 6.07. The lowest BCUT2D eigenvalue weighted by molar-refractivity contribution is -0.122. The summed E-state index contributed by atoms with van der Waals surface area (Å²) in [5, 5.41) is 4.25. The topological polar surface area (TPSA) is 60.0 Å². The Hall–Kier alpha value is -3.22. The zero-order valence-electron chi connectivity index (χ0n) is 18.7. The molecule has 0 aromatic heterocycles. The van der Waals surface area contributed by atoms with Gasteiger partial charge in [-0.3, -0.25) is 4.79 Å². The molecular weight excluding hydrogens is 452 g/mol. The van der Waals surface area contributed by atoms with Crippen LogP contribution in [0.4, 0.5) is 5.69 Å². The maximum atomic E-state index is 13.9. The van der Waals surface area contributed by atoms with Crippen molar-refractivity contribution in [1.82, 2.24) is 5.32 Å². The molecule has 3 aromatic carbocycles. The molecule has 0 aliphatic carbocycles. The number of anilines is 1. The summed E-state index contributed by atoms with van der Waals surface area (Å²) in [6.45, 7) is 2.80. The Kier molecular flexibility index (Phi) is 5.35. The standard InChI is InChI=1S/C27H25ClN2O4/c28-19-6-3-5-18(13-19)9-11-29-10-4-12-30-22-8-2-1-7-20(22)27(26(30)31)16-32-23-15-25-24(14-21(23)27)33-17-34-25/h1-3,5-8,13-15,29H,4,9-12,16-17H2. The molecule has 1 atom stereocenters. The third-order valence-electron chi connectivity index (χ3n) is 6.86. The fraction of sp³-hybridized carbons (Fsp3) is 0.296. The monoisotopic (exact) mass is 476 g/mol. The van der Waals surface area contributed by atoms with E-state index in [2.05, 4.69) is 11.4 Å². The SMILES string of the molecule is O=C1N(CCCNCCc2cccc(Cl)c2)c2ccccc2C12COc1cc3c(cc12)OCO3. The number of halogens is 1. The normalized spacial score (nSPS) is 19.4. The molecule has 34 heavy (non-hydrogen) atoms. The van der Waals surface area contributed by atoms with Gasteiger partial charge in [0, 0.05) is 28.9 Å². The van der Waals surface area contributed by atoms with E-state index in [4.69, 9.17) is 25.8 Å². The third kappa shape index (κ3) is 3.40. The Morgan fingerprint density at radius 3 is 2.65 bits per heavy atom. The van der Waals surface area contributed by atoms with Gasteiger partial charge in [-0.25, -0.2) is 0 Å². The van der Waals surface area contributed by atoms with Crippen LogP contribution in [0, 0.1) is 0 Å². The van der Waals surface area contributed by atoms with Crippen molar-refractivity contribution in [2.24, 2.45) is 0 Å². The number of benzene rings is 3. The first-order chi connectivity index (χ1) is 16.7. The molecule has 3 aliphatic rings. The molecule has 1 spiro atoms. The highest BCUT2D eigenvalue weighted by Gasteiger charge is 2.57. The zero-order valence-corrected chi connectivity index (χ0v) is 19.4. The summed E-state index contributed by atoms with van der Waals surface area (Å²) in [5.74, 6) is 2.08. The van der Waals surface area contributed by atoms with E-state index in [1.807, 2.05) is 59.5 Å². The van der Waals surface area contributed by atoms with Gasteiger partial charge in [0.25, 0.3) is 0 Å². The molecule has 0 saturated carbocycles. The minimum absolute atomic E-state index is 0.0604. The molecule has 174 valence electrons. The van der Waals surface area contributed by atoms with Gasteiger partial charge in [-0.15, -0.1) is 0 Å². The largest absolute Gasteiger partial charge is 0.491 e. The number of amides is 1. The fourth-order valence-electron chi connectivity index (χ4n) is 5.20. The molecule has 3 aliphatic heterocycles. The predicted molar refractivity (Wildman–Crippen MR) is 130 cm³/mol. The van der Waals surface area contributed by atoms with Crippen LogP contribution in [0.2, 0.25) is 5.02 Å². The van der Waals surface area contributed by atoms with E-state index in [1.165, 1.54) is 5.56 Å². The number of hydrogen-bond acceptors (Lipinski definition) is 5. The fourth-order valence-corrected chi connectivity index (χ4v) is 5.41. The number of fused-ring (bicyclic) bond motifs is 5. The van der Waals surface area contributed by atoms with Crippen LogP contribution in [0.1, 0.15) is 23.1 Å². The van der Waals surface area contributed by atoms with Gasteiger partial charge in [0.1, 0.15) is 17.8 Å². The molecule has 3 aromatic rings. The van der Waals surface area contributed by atoms with E-state index in [1.54, 1.807) is 0 Å². The van der Waals surface area contributed by atoms with Crippen LogP contribution < -0.4 is 24.4 Å². The highest BCUT2D eigenvalue weighted by molar-refractivity contribution is 6.30. The van der Waals surface area contributed by atoms with Crippen molar-refractivity contribution >= 4 is 23.2 Å². The quantitative estimate of drug-likeness (QED) is 0.515. The average Bonchev–Trinajstić information content (AvgIpc) is 3.52. The Morgan fingerprint density at radius 2 is 1.76 bits per heavy atom. The molecule has 6 rings (SSSR count). The van der Waals surface area contributed by atoms with Crippen LogP contribution in [0.15, 0.2) is 60.7 Å². The molecule has 0 fully saturated rings. The summed E-state index contributed by atoms with van der Waals surface area (Å²) in [7, 11) is 0. The Morgan fingerprint density at radius 1 is 0.912 bits per heavy atom. The molecular formula is C27H25ClN2O4. The summed E-state index contributed by atoms with van der Waals surface area (Å²) < 4.78 is 17.1. The molecule has 1 amide bonds. The van der Waals surface area contributed by atoms with Gasteiger partial charge in [-0.1, -0.05) is 41.9 Å². The molecule has 0 saturated heterocycles. The lowest BCUT2D eigenvalue weighted by Gasteiger charge is -2.23. The molecule has 6 nitrogen and oxygen atoms in total. The van der Waals surface area contributed by atoms with Crippen molar-refractivity contribution in [1.29, 1.82) is 0 Å². The van der Waals surface area contributed by atoms with Crippen LogP contribution >= 0.6 is 11.6 Å². The summed E-state index contributed by atoms with van der Waals surface area (Å²) in [5.41, 5.74) is 3.18. The van der Waals surface area contributed by atoms with Gasteiger partial charge in [0.05, 0.1) is 0 Å². The number of rotatable bonds is 7. The molecule has 1 unspecified atom stereocenters. The van der Waals surface area contributed by atoms with Crippen molar-refractivity contribution in [2.75, 3.05) is 37.9 Å².